The van der Waals surface area contributed by atoms with Gasteiger partial charge in [0, 0.05) is 5.56 Å². The molecule has 0 bridgehead atoms. The summed E-state index contributed by atoms with van der Waals surface area (Å²) in [6.45, 7) is 8.23. The number of phenolic OH excluding ortho intramolecular Hbond substituents is 1. The van der Waals surface area contributed by atoms with Crippen LogP contribution in [0, 0.1) is 0 Å². The first-order valence-electron chi connectivity index (χ1n) is 7.43. The van der Waals surface area contributed by atoms with Crippen LogP contribution in [-0.4, -0.2) is 16.2 Å². The third kappa shape index (κ3) is 3.75. The van der Waals surface area contributed by atoms with Gasteiger partial charge in [-0.05, 0) is 36.0 Å². The summed E-state index contributed by atoms with van der Waals surface area (Å²) in [5.74, 6) is -0.677. The van der Waals surface area contributed by atoms with Crippen molar-refractivity contribution in [3.63, 3.8) is 0 Å². The maximum absolute atomic E-state index is 11.2. The van der Waals surface area contributed by atoms with E-state index in [1.54, 1.807) is 12.1 Å². The normalized spacial score (nSPS) is 11.6. The number of carboxylic acids is 1. The molecule has 20 heavy (non-hydrogen) atoms. The second kappa shape index (κ2) is 6.78. The van der Waals surface area contributed by atoms with Gasteiger partial charge in [-0.1, -0.05) is 47.0 Å². The van der Waals surface area contributed by atoms with Crippen LogP contribution in [-0.2, 0) is 11.8 Å². The zero-order valence-electron chi connectivity index (χ0n) is 13.0. The average molecular weight is 278 g/mol. The smallest absolute Gasteiger partial charge is 0.335 e. The third-order valence-electron chi connectivity index (χ3n) is 3.95. The molecular weight excluding hydrogens is 252 g/mol. The Kier molecular flexibility index (Phi) is 5.61. The van der Waals surface area contributed by atoms with Crippen molar-refractivity contribution >= 4 is 5.97 Å². The van der Waals surface area contributed by atoms with Crippen molar-refractivity contribution in [2.45, 2.75) is 65.2 Å². The average Bonchev–Trinajstić information content (AvgIpc) is 2.38. The van der Waals surface area contributed by atoms with E-state index in [0.29, 0.717) is 12.0 Å². The number of carboxylic acid groups (broad SMARTS) is 1. The Labute approximate surface area is 121 Å². The summed E-state index contributed by atoms with van der Waals surface area (Å²) in [7, 11) is 0. The Morgan fingerprint density at radius 3 is 2.35 bits per heavy atom. The molecule has 0 fully saturated rings. The molecule has 0 spiro atoms. The topological polar surface area (TPSA) is 57.5 Å². The molecule has 0 saturated carbocycles. The highest BCUT2D eigenvalue weighted by atomic mass is 16.4. The van der Waals surface area contributed by atoms with E-state index >= 15 is 0 Å². The molecule has 1 aromatic rings. The van der Waals surface area contributed by atoms with Gasteiger partial charge in [-0.2, -0.15) is 0 Å². The SMILES string of the molecule is CCCCCC(C)(C)c1cc(C(=O)O)cc(CC)c1O. The van der Waals surface area contributed by atoms with E-state index in [9.17, 15) is 15.0 Å². The van der Waals surface area contributed by atoms with E-state index < -0.39 is 5.97 Å². The zero-order valence-corrected chi connectivity index (χ0v) is 13.0. The molecule has 3 heteroatoms. The minimum absolute atomic E-state index is 0.214. The summed E-state index contributed by atoms with van der Waals surface area (Å²) in [5, 5.41) is 19.6. The highest BCUT2D eigenvalue weighted by Crippen LogP contribution is 2.38. The van der Waals surface area contributed by atoms with Crippen molar-refractivity contribution in [2.75, 3.05) is 0 Å². The minimum atomic E-state index is -0.940. The molecule has 2 N–H and O–H groups in total. The monoisotopic (exact) mass is 278 g/mol. The predicted octanol–water partition coefficient (Wildman–Crippen LogP) is 4.51. The third-order valence-corrected chi connectivity index (χ3v) is 3.95. The van der Waals surface area contributed by atoms with Gasteiger partial charge < -0.3 is 10.2 Å². The molecule has 0 atom stereocenters. The van der Waals surface area contributed by atoms with Crippen LogP contribution in [0.15, 0.2) is 12.1 Å². The lowest BCUT2D eigenvalue weighted by atomic mass is 9.78. The van der Waals surface area contributed by atoms with Gasteiger partial charge in [-0.3, -0.25) is 0 Å². The lowest BCUT2D eigenvalue weighted by Gasteiger charge is -2.27. The largest absolute Gasteiger partial charge is 0.507 e. The number of phenols is 1. The molecule has 0 aliphatic heterocycles. The van der Waals surface area contributed by atoms with E-state index in [1.807, 2.05) is 6.92 Å². The Balaban J connectivity index is 3.20. The van der Waals surface area contributed by atoms with E-state index in [-0.39, 0.29) is 16.7 Å². The molecule has 0 heterocycles. The van der Waals surface area contributed by atoms with Gasteiger partial charge >= 0.3 is 5.97 Å². The van der Waals surface area contributed by atoms with Gasteiger partial charge in [-0.25, -0.2) is 4.79 Å². The molecular formula is C17H26O3. The van der Waals surface area contributed by atoms with Crippen LogP contribution >= 0.6 is 0 Å². The van der Waals surface area contributed by atoms with Crippen molar-refractivity contribution in [1.29, 1.82) is 0 Å². The quantitative estimate of drug-likeness (QED) is 0.721. The van der Waals surface area contributed by atoms with Crippen LogP contribution in [0.1, 0.15) is 74.9 Å². The molecule has 0 aliphatic carbocycles. The maximum Gasteiger partial charge on any atom is 0.335 e. The van der Waals surface area contributed by atoms with Gasteiger partial charge in [0.15, 0.2) is 0 Å². The van der Waals surface area contributed by atoms with Gasteiger partial charge in [-0.15, -0.1) is 0 Å². The molecule has 3 nitrogen and oxygen atoms in total. The lowest BCUT2D eigenvalue weighted by molar-refractivity contribution is 0.0696. The van der Waals surface area contributed by atoms with E-state index in [1.165, 1.54) is 0 Å². The van der Waals surface area contributed by atoms with Crippen molar-refractivity contribution in [3.8, 4) is 5.75 Å². The first-order valence-corrected chi connectivity index (χ1v) is 7.43. The first kappa shape index (κ1) is 16.5. The number of rotatable bonds is 7. The summed E-state index contributed by atoms with van der Waals surface area (Å²) in [6.07, 6.45) is 4.97. The number of aromatic hydroxyl groups is 1. The summed E-state index contributed by atoms with van der Waals surface area (Å²) >= 11 is 0. The summed E-state index contributed by atoms with van der Waals surface area (Å²) < 4.78 is 0. The molecule has 1 rings (SSSR count). The van der Waals surface area contributed by atoms with Crippen molar-refractivity contribution in [3.05, 3.63) is 28.8 Å². The number of aryl methyl sites for hydroxylation is 1. The van der Waals surface area contributed by atoms with Crippen LogP contribution in [0.2, 0.25) is 0 Å². The maximum atomic E-state index is 11.2. The Morgan fingerprint density at radius 2 is 1.85 bits per heavy atom. The summed E-state index contributed by atoms with van der Waals surface area (Å²) in [5.41, 5.74) is 1.52. The summed E-state index contributed by atoms with van der Waals surface area (Å²) in [6, 6.07) is 3.20. The number of unbranched alkanes of at least 4 members (excludes halogenated alkanes) is 2. The van der Waals surface area contributed by atoms with Crippen LogP contribution in [0.3, 0.4) is 0 Å². The molecule has 0 amide bonds. The number of aromatic carboxylic acids is 1. The molecule has 0 aliphatic rings. The van der Waals surface area contributed by atoms with E-state index in [2.05, 4.69) is 20.8 Å². The molecule has 0 saturated heterocycles. The number of benzene rings is 1. The molecule has 0 unspecified atom stereocenters. The number of hydrogen-bond acceptors (Lipinski definition) is 2. The molecule has 112 valence electrons. The first-order chi connectivity index (χ1) is 9.33. The fraction of sp³-hybridized carbons (Fsp3) is 0.588. The number of hydrogen-bond donors (Lipinski definition) is 2. The van der Waals surface area contributed by atoms with Gasteiger partial charge in [0.25, 0.3) is 0 Å². The molecule has 1 aromatic carbocycles. The second-order valence-electron chi connectivity index (χ2n) is 6.03. The fourth-order valence-corrected chi connectivity index (χ4v) is 2.56. The van der Waals surface area contributed by atoms with Crippen LogP contribution in [0.4, 0.5) is 0 Å². The van der Waals surface area contributed by atoms with Crippen LogP contribution in [0.5, 0.6) is 5.75 Å². The van der Waals surface area contributed by atoms with Gasteiger partial charge in [0.2, 0.25) is 0 Å². The fourth-order valence-electron chi connectivity index (χ4n) is 2.56. The van der Waals surface area contributed by atoms with Crippen molar-refractivity contribution in [1.82, 2.24) is 0 Å². The Hall–Kier alpha value is -1.51. The van der Waals surface area contributed by atoms with Crippen molar-refractivity contribution in [2.24, 2.45) is 0 Å². The van der Waals surface area contributed by atoms with E-state index in [4.69, 9.17) is 0 Å². The van der Waals surface area contributed by atoms with Crippen LogP contribution < -0.4 is 0 Å². The van der Waals surface area contributed by atoms with Crippen LogP contribution in [0.25, 0.3) is 0 Å². The Bertz CT molecular complexity index is 475. The Morgan fingerprint density at radius 1 is 1.20 bits per heavy atom. The minimum Gasteiger partial charge on any atom is -0.507 e. The molecule has 0 aromatic heterocycles. The second-order valence-corrected chi connectivity index (χ2v) is 6.03. The number of carbonyl (C=O) groups is 1. The van der Waals surface area contributed by atoms with Gasteiger partial charge in [0.1, 0.15) is 5.75 Å². The standard InChI is InChI=1S/C17H26O3/c1-5-7-8-9-17(3,4)14-11-13(16(19)20)10-12(6-2)15(14)18/h10-11,18H,5-9H2,1-4H3,(H,19,20). The summed E-state index contributed by atoms with van der Waals surface area (Å²) in [4.78, 5) is 11.2. The van der Waals surface area contributed by atoms with Crippen molar-refractivity contribution < 1.29 is 15.0 Å². The van der Waals surface area contributed by atoms with Gasteiger partial charge in [0.05, 0.1) is 5.56 Å². The highest BCUT2D eigenvalue weighted by molar-refractivity contribution is 5.88. The zero-order chi connectivity index (χ0) is 15.3. The lowest BCUT2D eigenvalue weighted by Crippen LogP contribution is -2.19. The molecule has 0 radical (unpaired) electrons. The predicted molar refractivity (Wildman–Crippen MR) is 81.6 cm³/mol. The highest BCUT2D eigenvalue weighted by Gasteiger charge is 2.26. The van der Waals surface area contributed by atoms with E-state index in [0.717, 1.165) is 31.2 Å².